The lowest BCUT2D eigenvalue weighted by Gasteiger charge is -2.30. The summed E-state index contributed by atoms with van der Waals surface area (Å²) >= 11 is 6.31. The third-order valence-corrected chi connectivity index (χ3v) is 4.50. The summed E-state index contributed by atoms with van der Waals surface area (Å²) in [6, 6.07) is 3.24. The first-order valence-corrected chi connectivity index (χ1v) is 8.80. The van der Waals surface area contributed by atoms with Crippen LogP contribution in [0.15, 0.2) is 12.1 Å². The van der Waals surface area contributed by atoms with Gasteiger partial charge in [-0.15, -0.1) is 0 Å². The summed E-state index contributed by atoms with van der Waals surface area (Å²) in [6.07, 6.45) is 1.17. The molecule has 2 amide bonds. The highest BCUT2D eigenvalue weighted by Crippen LogP contribution is 2.37. The van der Waals surface area contributed by atoms with E-state index in [1.807, 2.05) is 13.8 Å². The SMILES string of the molecule is COc1cc(C(=O)N2CCC(C(N)=O)CC2)cc(Cl)c1OCC(C)C. The van der Waals surface area contributed by atoms with E-state index in [1.165, 1.54) is 7.11 Å². The number of halogens is 1. The van der Waals surface area contributed by atoms with Crippen molar-refractivity contribution >= 4 is 23.4 Å². The van der Waals surface area contributed by atoms with Crippen LogP contribution >= 0.6 is 11.6 Å². The maximum atomic E-state index is 12.7. The van der Waals surface area contributed by atoms with E-state index < -0.39 is 0 Å². The minimum absolute atomic E-state index is 0.140. The van der Waals surface area contributed by atoms with E-state index in [-0.39, 0.29) is 17.7 Å². The molecular formula is C18H25ClN2O4. The van der Waals surface area contributed by atoms with Crippen LogP contribution in [-0.2, 0) is 4.79 Å². The second-order valence-corrected chi connectivity index (χ2v) is 7.07. The Kier molecular flexibility index (Phi) is 6.53. The highest BCUT2D eigenvalue weighted by molar-refractivity contribution is 6.32. The fourth-order valence-corrected chi connectivity index (χ4v) is 3.05. The van der Waals surface area contributed by atoms with Gasteiger partial charge in [0.2, 0.25) is 5.91 Å². The first kappa shape index (κ1) is 19.4. The molecule has 0 saturated carbocycles. The summed E-state index contributed by atoms with van der Waals surface area (Å²) in [5, 5.41) is 0.343. The number of carbonyl (C=O) groups excluding carboxylic acids is 2. The number of likely N-dealkylation sites (tertiary alicyclic amines) is 1. The van der Waals surface area contributed by atoms with E-state index >= 15 is 0 Å². The summed E-state index contributed by atoms with van der Waals surface area (Å²) in [4.78, 5) is 25.7. The number of methoxy groups -OCH3 is 1. The summed E-state index contributed by atoms with van der Waals surface area (Å²) in [5.74, 6) is 0.620. The van der Waals surface area contributed by atoms with Crippen molar-refractivity contribution in [2.45, 2.75) is 26.7 Å². The van der Waals surface area contributed by atoms with Gasteiger partial charge in [0.25, 0.3) is 5.91 Å². The zero-order valence-electron chi connectivity index (χ0n) is 14.9. The fraction of sp³-hybridized carbons (Fsp3) is 0.556. The van der Waals surface area contributed by atoms with Gasteiger partial charge >= 0.3 is 0 Å². The molecule has 6 nitrogen and oxygen atoms in total. The Morgan fingerprint density at radius 2 is 1.96 bits per heavy atom. The molecule has 2 rings (SSSR count). The molecule has 138 valence electrons. The lowest BCUT2D eigenvalue weighted by Crippen LogP contribution is -2.41. The van der Waals surface area contributed by atoms with Gasteiger partial charge in [0.1, 0.15) is 0 Å². The van der Waals surface area contributed by atoms with Crippen molar-refractivity contribution in [3.8, 4) is 11.5 Å². The quantitative estimate of drug-likeness (QED) is 0.836. The molecule has 1 aromatic carbocycles. The van der Waals surface area contributed by atoms with Gasteiger partial charge in [-0.25, -0.2) is 0 Å². The molecular weight excluding hydrogens is 344 g/mol. The van der Waals surface area contributed by atoms with Gasteiger partial charge in [-0.1, -0.05) is 25.4 Å². The number of hydrogen-bond acceptors (Lipinski definition) is 4. The Bertz CT molecular complexity index is 640. The molecule has 0 aromatic heterocycles. The van der Waals surface area contributed by atoms with Gasteiger partial charge in [-0.05, 0) is 30.9 Å². The number of nitrogens with zero attached hydrogens (tertiary/aromatic N) is 1. The highest BCUT2D eigenvalue weighted by atomic mass is 35.5. The Balaban J connectivity index is 2.15. The summed E-state index contributed by atoms with van der Waals surface area (Å²) in [6.45, 7) is 5.57. The molecule has 7 heteroatoms. The number of carbonyl (C=O) groups is 2. The zero-order chi connectivity index (χ0) is 18.6. The highest BCUT2D eigenvalue weighted by Gasteiger charge is 2.27. The topological polar surface area (TPSA) is 81.9 Å². The van der Waals surface area contributed by atoms with Crippen molar-refractivity contribution < 1.29 is 19.1 Å². The van der Waals surface area contributed by atoms with Crippen LogP contribution in [0.4, 0.5) is 0 Å². The van der Waals surface area contributed by atoms with Gasteiger partial charge in [-0.2, -0.15) is 0 Å². The normalized spacial score (nSPS) is 15.3. The first-order chi connectivity index (χ1) is 11.8. The molecule has 1 aliphatic rings. The second kappa shape index (κ2) is 8.43. The average Bonchev–Trinajstić information content (AvgIpc) is 2.59. The lowest BCUT2D eigenvalue weighted by molar-refractivity contribution is -0.123. The van der Waals surface area contributed by atoms with E-state index in [2.05, 4.69) is 0 Å². The Hall–Kier alpha value is -1.95. The fourth-order valence-electron chi connectivity index (χ4n) is 2.78. The van der Waals surface area contributed by atoms with Crippen LogP contribution in [0.1, 0.15) is 37.0 Å². The zero-order valence-corrected chi connectivity index (χ0v) is 15.6. The van der Waals surface area contributed by atoms with Crippen molar-refractivity contribution in [1.29, 1.82) is 0 Å². The van der Waals surface area contributed by atoms with Gasteiger partial charge in [0.05, 0.1) is 18.7 Å². The first-order valence-electron chi connectivity index (χ1n) is 8.42. The monoisotopic (exact) mass is 368 g/mol. The van der Waals surface area contributed by atoms with Crippen LogP contribution in [-0.4, -0.2) is 43.5 Å². The molecule has 25 heavy (non-hydrogen) atoms. The maximum absolute atomic E-state index is 12.7. The van der Waals surface area contributed by atoms with E-state index in [9.17, 15) is 9.59 Å². The predicted octanol–water partition coefficient (Wildman–Crippen LogP) is 2.72. The van der Waals surface area contributed by atoms with Gasteiger partial charge < -0.3 is 20.1 Å². The largest absolute Gasteiger partial charge is 0.493 e. The number of amides is 2. The molecule has 0 unspecified atom stereocenters. The second-order valence-electron chi connectivity index (χ2n) is 6.66. The molecule has 0 aliphatic carbocycles. The molecule has 0 spiro atoms. The van der Waals surface area contributed by atoms with Crippen LogP contribution < -0.4 is 15.2 Å². The molecule has 1 aliphatic heterocycles. The number of primary amides is 1. The molecule has 1 fully saturated rings. The third kappa shape index (κ3) is 4.78. The molecule has 0 bridgehead atoms. The summed E-state index contributed by atoms with van der Waals surface area (Å²) < 4.78 is 11.1. The Labute approximate surface area is 153 Å². The van der Waals surface area contributed by atoms with Crippen LogP contribution in [0.5, 0.6) is 11.5 Å². The van der Waals surface area contributed by atoms with Gasteiger partial charge in [0, 0.05) is 24.6 Å². The molecule has 0 radical (unpaired) electrons. The number of ether oxygens (including phenoxy) is 2. The van der Waals surface area contributed by atoms with Crippen molar-refractivity contribution in [1.82, 2.24) is 4.90 Å². The van der Waals surface area contributed by atoms with Crippen LogP contribution in [0, 0.1) is 11.8 Å². The minimum atomic E-state index is -0.302. The van der Waals surface area contributed by atoms with E-state index in [1.54, 1.807) is 17.0 Å². The average molecular weight is 369 g/mol. The number of rotatable bonds is 6. The van der Waals surface area contributed by atoms with E-state index in [4.69, 9.17) is 26.8 Å². The van der Waals surface area contributed by atoms with Crippen LogP contribution in [0.2, 0.25) is 5.02 Å². The van der Waals surface area contributed by atoms with Crippen LogP contribution in [0.3, 0.4) is 0 Å². The minimum Gasteiger partial charge on any atom is -0.493 e. The predicted molar refractivity (Wildman–Crippen MR) is 96.2 cm³/mol. The Morgan fingerprint density at radius 3 is 2.48 bits per heavy atom. The number of nitrogens with two attached hydrogens (primary N) is 1. The van der Waals surface area contributed by atoms with Crippen molar-refractivity contribution in [3.05, 3.63) is 22.7 Å². The standard InChI is InChI=1S/C18H25ClN2O4/c1-11(2)10-25-16-14(19)8-13(9-15(16)24-3)18(23)21-6-4-12(5-7-21)17(20)22/h8-9,11-12H,4-7,10H2,1-3H3,(H2,20,22). The summed E-state index contributed by atoms with van der Waals surface area (Å²) in [7, 11) is 1.51. The third-order valence-electron chi connectivity index (χ3n) is 4.22. The lowest BCUT2D eigenvalue weighted by atomic mass is 9.96. The molecule has 1 heterocycles. The molecule has 1 saturated heterocycles. The van der Waals surface area contributed by atoms with Crippen molar-refractivity contribution in [2.75, 3.05) is 26.8 Å². The number of piperidine rings is 1. The van der Waals surface area contributed by atoms with Gasteiger partial charge in [-0.3, -0.25) is 9.59 Å². The molecule has 1 aromatic rings. The molecule has 2 N–H and O–H groups in total. The summed E-state index contributed by atoms with van der Waals surface area (Å²) in [5.41, 5.74) is 5.77. The smallest absolute Gasteiger partial charge is 0.254 e. The number of benzene rings is 1. The molecule has 0 atom stereocenters. The Morgan fingerprint density at radius 1 is 1.32 bits per heavy atom. The van der Waals surface area contributed by atoms with Crippen LogP contribution in [0.25, 0.3) is 0 Å². The van der Waals surface area contributed by atoms with Crippen molar-refractivity contribution in [2.24, 2.45) is 17.6 Å². The van der Waals surface area contributed by atoms with E-state index in [0.29, 0.717) is 60.5 Å². The van der Waals surface area contributed by atoms with Gasteiger partial charge in [0.15, 0.2) is 11.5 Å². The van der Waals surface area contributed by atoms with E-state index in [0.717, 1.165) is 0 Å². The van der Waals surface area contributed by atoms with Crippen molar-refractivity contribution in [3.63, 3.8) is 0 Å². The maximum Gasteiger partial charge on any atom is 0.254 e. The number of hydrogen-bond donors (Lipinski definition) is 1.